The summed E-state index contributed by atoms with van der Waals surface area (Å²) in [5.74, 6) is 0.852. The first-order chi connectivity index (χ1) is 30.5. The number of para-hydroxylation sites is 2. The van der Waals surface area contributed by atoms with E-state index >= 15 is 0 Å². The molecular formula is C58H50N5Pt-3. The van der Waals surface area contributed by atoms with Crippen molar-refractivity contribution in [1.82, 2.24) is 9.55 Å². The number of aryl methyl sites for hydroxylation is 4. The van der Waals surface area contributed by atoms with Crippen LogP contribution in [0.25, 0.3) is 44.4 Å². The summed E-state index contributed by atoms with van der Waals surface area (Å²) in [7, 11) is 0. The summed E-state index contributed by atoms with van der Waals surface area (Å²) in [6.45, 7) is 17.7. The van der Waals surface area contributed by atoms with Crippen molar-refractivity contribution in [3.05, 3.63) is 222 Å². The van der Waals surface area contributed by atoms with Gasteiger partial charge in [0.25, 0.3) is 0 Å². The molecule has 0 spiro atoms. The molecule has 0 fully saturated rings. The summed E-state index contributed by atoms with van der Waals surface area (Å²) >= 11 is 0. The van der Waals surface area contributed by atoms with E-state index < -0.39 is 0 Å². The molecule has 0 radical (unpaired) electrons. The van der Waals surface area contributed by atoms with Crippen LogP contribution in [-0.2, 0) is 26.5 Å². The minimum atomic E-state index is 0. The van der Waals surface area contributed by atoms with Gasteiger partial charge in [-0.3, -0.25) is 0 Å². The van der Waals surface area contributed by atoms with Crippen molar-refractivity contribution in [2.24, 2.45) is 0 Å². The number of rotatable bonds is 8. The maximum absolute atomic E-state index is 5.02. The molecule has 9 aromatic rings. The molecule has 0 amide bonds. The average molecular weight is 1010 g/mol. The third-order valence-corrected chi connectivity index (χ3v) is 12.1. The maximum Gasteiger partial charge on any atom is 0.136 e. The Kier molecular flexibility index (Phi) is 11.4. The van der Waals surface area contributed by atoms with Crippen LogP contribution in [-0.4, -0.2) is 9.55 Å². The van der Waals surface area contributed by atoms with Crippen LogP contribution < -0.4 is 14.7 Å². The molecule has 7 aromatic carbocycles. The quantitative estimate of drug-likeness (QED) is 0.142. The number of anilines is 5. The Morgan fingerprint density at radius 3 is 2.06 bits per heavy atom. The molecule has 1 aliphatic heterocycles. The first kappa shape index (κ1) is 42.6. The first-order valence-electron chi connectivity index (χ1n) is 21.7. The second-order valence-corrected chi connectivity index (χ2v) is 17.8. The summed E-state index contributed by atoms with van der Waals surface area (Å²) in [4.78, 5) is 11.8. The summed E-state index contributed by atoms with van der Waals surface area (Å²) < 4.78 is 2.27. The van der Waals surface area contributed by atoms with Crippen LogP contribution in [0.3, 0.4) is 0 Å². The molecule has 6 heteroatoms. The van der Waals surface area contributed by atoms with Gasteiger partial charge in [-0.05, 0) is 114 Å². The van der Waals surface area contributed by atoms with Crippen molar-refractivity contribution in [1.29, 1.82) is 0 Å². The predicted molar refractivity (Wildman–Crippen MR) is 264 cm³/mol. The van der Waals surface area contributed by atoms with Crippen molar-refractivity contribution in [3.63, 3.8) is 0 Å². The molecule has 2 aromatic heterocycles. The summed E-state index contributed by atoms with van der Waals surface area (Å²) in [5, 5.41) is 2.27. The van der Waals surface area contributed by atoms with Crippen LogP contribution in [0.2, 0.25) is 0 Å². The number of nitrogens with zero attached hydrogens (tertiary/aromatic N) is 5. The Bertz CT molecular complexity index is 3170. The van der Waals surface area contributed by atoms with Gasteiger partial charge in [0, 0.05) is 49.9 Å². The topological polar surface area (TPSA) is 27.5 Å². The van der Waals surface area contributed by atoms with E-state index in [9.17, 15) is 0 Å². The molecule has 0 atom stereocenters. The van der Waals surface area contributed by atoms with E-state index in [2.05, 4.69) is 250 Å². The number of aromatic nitrogens is 2. The fraction of sp³-hybridized carbons (Fsp3) is 0.138. The Morgan fingerprint density at radius 2 is 1.31 bits per heavy atom. The SMILES string of the molecule is Cc1cc(N2C=C(c3ccccc3)N(c3cccc(C(C)(C)C)c3)[CH-]2)[c-]c(N(c2[c-]c3c(cc2)c2ccccc2n3-c2cc(-c3c(C)cc(C)cc3C)ccn2)c2ccccc2)c1.[Pt]. The maximum atomic E-state index is 5.02. The van der Waals surface area contributed by atoms with E-state index in [0.29, 0.717) is 0 Å². The van der Waals surface area contributed by atoms with E-state index in [1.807, 2.05) is 6.20 Å². The molecule has 0 bridgehead atoms. The number of fused-ring (bicyclic) bond motifs is 3. The van der Waals surface area contributed by atoms with E-state index in [1.54, 1.807) is 0 Å². The van der Waals surface area contributed by atoms with Crippen molar-refractivity contribution in [2.45, 2.75) is 53.9 Å². The predicted octanol–water partition coefficient (Wildman–Crippen LogP) is 14.9. The second-order valence-electron chi connectivity index (χ2n) is 17.8. The minimum absolute atomic E-state index is 0. The minimum Gasteiger partial charge on any atom is -0.499 e. The van der Waals surface area contributed by atoms with Crippen LogP contribution >= 0.6 is 0 Å². The van der Waals surface area contributed by atoms with Crippen LogP contribution in [0.5, 0.6) is 0 Å². The van der Waals surface area contributed by atoms with Gasteiger partial charge in [-0.15, -0.1) is 48.1 Å². The molecule has 10 rings (SSSR count). The zero-order chi connectivity index (χ0) is 43.4. The Labute approximate surface area is 392 Å². The van der Waals surface area contributed by atoms with Gasteiger partial charge in [-0.25, -0.2) is 4.98 Å². The summed E-state index contributed by atoms with van der Waals surface area (Å²) in [6.07, 6.45) is 4.15. The van der Waals surface area contributed by atoms with Crippen LogP contribution in [0.4, 0.5) is 28.4 Å². The molecule has 1 aliphatic rings. The fourth-order valence-corrected chi connectivity index (χ4v) is 9.20. The Morgan fingerprint density at radius 1 is 0.609 bits per heavy atom. The van der Waals surface area contributed by atoms with Gasteiger partial charge < -0.3 is 19.3 Å². The molecule has 0 saturated heterocycles. The molecule has 0 aliphatic carbocycles. The van der Waals surface area contributed by atoms with Crippen molar-refractivity contribution < 1.29 is 21.1 Å². The zero-order valence-electron chi connectivity index (χ0n) is 37.3. The van der Waals surface area contributed by atoms with E-state index in [1.165, 1.54) is 27.8 Å². The number of hydrogen-bond acceptors (Lipinski definition) is 4. The van der Waals surface area contributed by atoms with Crippen molar-refractivity contribution in [3.8, 4) is 16.9 Å². The zero-order valence-corrected chi connectivity index (χ0v) is 39.6. The molecule has 5 nitrogen and oxygen atoms in total. The van der Waals surface area contributed by atoms with Crippen molar-refractivity contribution in [2.75, 3.05) is 14.7 Å². The van der Waals surface area contributed by atoms with Gasteiger partial charge >= 0.3 is 0 Å². The molecule has 0 unspecified atom stereocenters. The fourth-order valence-electron chi connectivity index (χ4n) is 9.20. The van der Waals surface area contributed by atoms with Gasteiger partial charge in [0.1, 0.15) is 5.82 Å². The van der Waals surface area contributed by atoms with Crippen LogP contribution in [0, 0.1) is 46.5 Å². The normalized spacial score (nSPS) is 12.8. The second kappa shape index (κ2) is 17.1. The number of hydrogen-bond donors (Lipinski definition) is 0. The molecule has 64 heavy (non-hydrogen) atoms. The van der Waals surface area contributed by atoms with Crippen LogP contribution in [0.15, 0.2) is 170 Å². The van der Waals surface area contributed by atoms with Crippen molar-refractivity contribution >= 4 is 55.9 Å². The standard InChI is InChI=1S/C58H50N5.Pt/c1-39-29-41(3)57(42(4)30-39)44-27-28-59-56(33-44)63-53-24-15-14-23-51(53)52-26-25-48(36-54(52)63)62(46-20-12-9-13-21-46)50-32-40(2)31-49(35-50)60-37-55(43-17-10-8-11-18-43)61(38-60)47-22-16-19-45(34-47)58(5,6)7;/h8-34,37-38H,1-7H3;/q-3;. The Balaban J connectivity index is 0.00000518. The number of benzene rings is 7. The van der Waals surface area contributed by atoms with Gasteiger partial charge in [0.05, 0.1) is 0 Å². The van der Waals surface area contributed by atoms with E-state index in [-0.39, 0.29) is 26.5 Å². The van der Waals surface area contributed by atoms with Gasteiger partial charge in [-0.2, -0.15) is 11.6 Å². The smallest absolute Gasteiger partial charge is 0.136 e. The average Bonchev–Trinajstić information content (AvgIpc) is 3.87. The van der Waals surface area contributed by atoms with E-state index in [4.69, 9.17) is 4.98 Å². The van der Waals surface area contributed by atoms with E-state index in [0.717, 1.165) is 78.4 Å². The van der Waals surface area contributed by atoms with Crippen LogP contribution in [0.1, 0.15) is 54.2 Å². The largest absolute Gasteiger partial charge is 0.499 e. The molecule has 0 saturated carbocycles. The first-order valence-corrected chi connectivity index (χ1v) is 21.7. The third kappa shape index (κ3) is 7.95. The van der Waals surface area contributed by atoms with Gasteiger partial charge in [-0.1, -0.05) is 141 Å². The summed E-state index contributed by atoms with van der Waals surface area (Å²) in [5.41, 5.74) is 17.8. The molecule has 0 N–H and O–H groups in total. The number of pyridine rings is 1. The van der Waals surface area contributed by atoms with Gasteiger partial charge in [0.2, 0.25) is 0 Å². The van der Waals surface area contributed by atoms with Gasteiger partial charge in [0.15, 0.2) is 0 Å². The molecule has 3 heterocycles. The monoisotopic (exact) mass is 1010 g/mol. The molecular weight excluding hydrogens is 962 g/mol. The molecule has 320 valence electrons. The summed E-state index contributed by atoms with van der Waals surface area (Å²) in [6, 6.07) is 64.1. The Hall–Kier alpha value is -6.68. The third-order valence-electron chi connectivity index (χ3n) is 12.1.